The van der Waals surface area contributed by atoms with Crippen molar-refractivity contribution < 1.29 is 4.79 Å². The summed E-state index contributed by atoms with van der Waals surface area (Å²) in [6, 6.07) is 11.5. The number of carbonyl (C=O) groups excluding carboxylic acids is 1. The van der Waals surface area contributed by atoms with E-state index < -0.39 is 0 Å². The summed E-state index contributed by atoms with van der Waals surface area (Å²) in [7, 11) is 0. The number of benzene rings is 2. The van der Waals surface area contributed by atoms with Crippen molar-refractivity contribution in [3.05, 3.63) is 58.1 Å². The first-order valence-electron chi connectivity index (χ1n) is 8.69. The first-order valence-corrected chi connectivity index (χ1v) is 9.89. The minimum atomic E-state index is 0.0444. The number of hydrogen-bond acceptors (Lipinski definition) is 4. The molecule has 6 heteroatoms. The molecule has 1 aromatic heterocycles. The molecule has 1 aliphatic rings. The van der Waals surface area contributed by atoms with Crippen LogP contribution in [0.1, 0.15) is 21.5 Å². The Kier molecular flexibility index (Phi) is 4.59. The number of thiazole rings is 1. The molecule has 0 saturated carbocycles. The summed E-state index contributed by atoms with van der Waals surface area (Å²) >= 11 is 7.74. The van der Waals surface area contributed by atoms with Gasteiger partial charge in [0.2, 0.25) is 0 Å². The smallest absolute Gasteiger partial charge is 0.254 e. The van der Waals surface area contributed by atoms with Crippen LogP contribution in [0.25, 0.3) is 10.2 Å². The van der Waals surface area contributed by atoms with Crippen LogP contribution in [0, 0.1) is 13.8 Å². The van der Waals surface area contributed by atoms with E-state index in [2.05, 4.69) is 30.9 Å². The molecule has 26 heavy (non-hydrogen) atoms. The fraction of sp³-hybridized carbons (Fsp3) is 0.300. The molecule has 1 amide bonds. The number of halogens is 1. The fourth-order valence-corrected chi connectivity index (χ4v) is 4.52. The zero-order valence-electron chi connectivity index (χ0n) is 14.8. The number of carbonyl (C=O) groups is 1. The van der Waals surface area contributed by atoms with Crippen molar-refractivity contribution in [1.82, 2.24) is 9.88 Å². The van der Waals surface area contributed by atoms with Gasteiger partial charge >= 0.3 is 0 Å². The highest BCUT2D eigenvalue weighted by Gasteiger charge is 2.24. The maximum absolute atomic E-state index is 12.7. The van der Waals surface area contributed by atoms with Crippen molar-refractivity contribution in [3.8, 4) is 0 Å². The van der Waals surface area contributed by atoms with Gasteiger partial charge in [0.15, 0.2) is 5.13 Å². The molecule has 1 saturated heterocycles. The zero-order chi connectivity index (χ0) is 18.3. The van der Waals surface area contributed by atoms with Crippen molar-refractivity contribution >= 4 is 44.2 Å². The first kappa shape index (κ1) is 17.3. The number of amides is 1. The summed E-state index contributed by atoms with van der Waals surface area (Å²) in [4.78, 5) is 21.7. The van der Waals surface area contributed by atoms with Gasteiger partial charge in [-0.05, 0) is 49.2 Å². The second-order valence-electron chi connectivity index (χ2n) is 6.64. The summed E-state index contributed by atoms with van der Waals surface area (Å²) in [5.74, 6) is 0.0444. The van der Waals surface area contributed by atoms with Gasteiger partial charge in [-0.25, -0.2) is 4.98 Å². The average Bonchev–Trinajstić information content (AvgIpc) is 3.09. The van der Waals surface area contributed by atoms with Crippen LogP contribution >= 0.6 is 22.9 Å². The molecule has 0 aliphatic carbocycles. The Bertz CT molecular complexity index is 976. The monoisotopic (exact) mass is 385 g/mol. The highest BCUT2D eigenvalue weighted by atomic mass is 35.5. The van der Waals surface area contributed by atoms with Crippen molar-refractivity contribution in [2.24, 2.45) is 0 Å². The lowest BCUT2D eigenvalue weighted by atomic mass is 10.1. The molecule has 4 nitrogen and oxygen atoms in total. The molecular formula is C20H20ClN3OS. The van der Waals surface area contributed by atoms with Crippen molar-refractivity contribution in [3.63, 3.8) is 0 Å². The molecule has 3 aromatic rings. The molecule has 0 spiro atoms. The number of nitrogens with zero attached hydrogens (tertiary/aromatic N) is 3. The van der Waals surface area contributed by atoms with Gasteiger partial charge in [-0.1, -0.05) is 35.1 Å². The Morgan fingerprint density at radius 2 is 1.88 bits per heavy atom. The zero-order valence-corrected chi connectivity index (χ0v) is 16.4. The van der Waals surface area contributed by atoms with Crippen LogP contribution in [-0.4, -0.2) is 42.0 Å². The van der Waals surface area contributed by atoms with E-state index in [1.54, 1.807) is 23.5 Å². The molecule has 4 rings (SSSR count). The Morgan fingerprint density at radius 1 is 1.12 bits per heavy atom. The van der Waals surface area contributed by atoms with E-state index in [9.17, 15) is 4.79 Å². The highest BCUT2D eigenvalue weighted by molar-refractivity contribution is 7.22. The largest absolute Gasteiger partial charge is 0.345 e. The summed E-state index contributed by atoms with van der Waals surface area (Å²) < 4.78 is 1.22. The second kappa shape index (κ2) is 6.89. The summed E-state index contributed by atoms with van der Waals surface area (Å²) in [6.45, 7) is 7.23. The predicted molar refractivity (Wildman–Crippen MR) is 109 cm³/mol. The molecule has 2 aromatic carbocycles. The molecule has 1 fully saturated rings. The Hall–Kier alpha value is -2.11. The highest BCUT2D eigenvalue weighted by Crippen LogP contribution is 2.32. The van der Waals surface area contributed by atoms with Crippen LogP contribution in [0.3, 0.4) is 0 Å². The van der Waals surface area contributed by atoms with E-state index in [4.69, 9.17) is 16.6 Å². The van der Waals surface area contributed by atoms with Gasteiger partial charge in [0.1, 0.15) is 0 Å². The number of piperazine rings is 1. The molecule has 0 radical (unpaired) electrons. The van der Waals surface area contributed by atoms with E-state index in [1.165, 1.54) is 15.8 Å². The molecule has 0 atom stereocenters. The van der Waals surface area contributed by atoms with Crippen LogP contribution in [0.15, 0.2) is 36.4 Å². The number of hydrogen-bond donors (Lipinski definition) is 0. The maximum atomic E-state index is 12.7. The molecular weight excluding hydrogens is 366 g/mol. The number of anilines is 1. The van der Waals surface area contributed by atoms with Crippen molar-refractivity contribution in [2.45, 2.75) is 13.8 Å². The SMILES string of the molecule is Cc1ccc2sc(N3CCN(C(=O)c4cccc(Cl)c4)CC3)nc2c1C. The normalized spacial score (nSPS) is 14.9. The van der Waals surface area contributed by atoms with Crippen LogP contribution in [-0.2, 0) is 0 Å². The Labute approximate surface area is 162 Å². The van der Waals surface area contributed by atoms with Gasteiger partial charge in [0, 0.05) is 36.8 Å². The van der Waals surface area contributed by atoms with Gasteiger partial charge in [0.25, 0.3) is 5.91 Å². The van der Waals surface area contributed by atoms with Gasteiger partial charge in [-0.15, -0.1) is 0 Å². The molecule has 0 N–H and O–H groups in total. The van der Waals surface area contributed by atoms with E-state index in [0.717, 1.165) is 23.7 Å². The molecule has 2 heterocycles. The minimum Gasteiger partial charge on any atom is -0.345 e. The minimum absolute atomic E-state index is 0.0444. The summed E-state index contributed by atoms with van der Waals surface area (Å²) in [5, 5.41) is 1.64. The van der Waals surface area contributed by atoms with Gasteiger partial charge in [0.05, 0.1) is 10.2 Å². The number of aryl methyl sites for hydroxylation is 2. The summed E-state index contributed by atoms with van der Waals surface area (Å²) in [6.07, 6.45) is 0. The topological polar surface area (TPSA) is 36.4 Å². The maximum Gasteiger partial charge on any atom is 0.254 e. The molecule has 1 aliphatic heterocycles. The number of rotatable bonds is 2. The van der Waals surface area contributed by atoms with E-state index in [1.807, 2.05) is 17.0 Å². The quantitative estimate of drug-likeness (QED) is 0.650. The van der Waals surface area contributed by atoms with Crippen LogP contribution < -0.4 is 4.90 Å². The predicted octanol–water partition coefficient (Wildman–Crippen LogP) is 4.53. The summed E-state index contributed by atoms with van der Waals surface area (Å²) in [5.41, 5.74) is 4.27. The third-order valence-electron chi connectivity index (χ3n) is 4.98. The number of fused-ring (bicyclic) bond motifs is 1. The van der Waals surface area contributed by atoms with Gasteiger partial charge < -0.3 is 9.80 Å². The van der Waals surface area contributed by atoms with E-state index in [0.29, 0.717) is 23.7 Å². The standard InChI is InChI=1S/C20H20ClN3OS/c1-13-6-7-17-18(14(13)2)22-20(26-17)24-10-8-23(9-11-24)19(25)15-4-3-5-16(21)12-15/h3-7,12H,8-11H2,1-2H3. The molecule has 0 bridgehead atoms. The van der Waals surface area contributed by atoms with Crippen molar-refractivity contribution in [2.75, 3.05) is 31.1 Å². The number of aromatic nitrogens is 1. The molecule has 134 valence electrons. The molecule has 0 unspecified atom stereocenters. The van der Waals surface area contributed by atoms with Gasteiger partial charge in [-0.2, -0.15) is 0 Å². The third-order valence-corrected chi connectivity index (χ3v) is 6.30. The lowest BCUT2D eigenvalue weighted by molar-refractivity contribution is 0.0747. The second-order valence-corrected chi connectivity index (χ2v) is 8.09. The first-order chi connectivity index (χ1) is 12.5. The van der Waals surface area contributed by atoms with Crippen molar-refractivity contribution in [1.29, 1.82) is 0 Å². The van der Waals surface area contributed by atoms with E-state index >= 15 is 0 Å². The van der Waals surface area contributed by atoms with Crippen LogP contribution in [0.5, 0.6) is 0 Å². The Balaban J connectivity index is 1.48. The lowest BCUT2D eigenvalue weighted by Gasteiger charge is -2.34. The van der Waals surface area contributed by atoms with Gasteiger partial charge in [-0.3, -0.25) is 4.79 Å². The van der Waals surface area contributed by atoms with Crippen LogP contribution in [0.4, 0.5) is 5.13 Å². The Morgan fingerprint density at radius 3 is 2.62 bits per heavy atom. The average molecular weight is 386 g/mol. The fourth-order valence-electron chi connectivity index (χ4n) is 3.25. The van der Waals surface area contributed by atoms with Crippen LogP contribution in [0.2, 0.25) is 5.02 Å². The lowest BCUT2D eigenvalue weighted by Crippen LogP contribution is -2.48. The third kappa shape index (κ3) is 3.17. The van der Waals surface area contributed by atoms with E-state index in [-0.39, 0.29) is 5.91 Å².